The fourth-order valence-corrected chi connectivity index (χ4v) is 7.30. The third-order valence-electron chi connectivity index (χ3n) is 9.57. The lowest BCUT2D eigenvalue weighted by atomic mass is 9.55. The van der Waals surface area contributed by atoms with Crippen molar-refractivity contribution in [2.45, 2.75) is 117 Å². The van der Waals surface area contributed by atoms with Gasteiger partial charge in [-0.2, -0.15) is 0 Å². The lowest BCUT2D eigenvalue weighted by Gasteiger charge is -2.48. The number of hydrogen-bond acceptors (Lipinski definition) is 4. The summed E-state index contributed by atoms with van der Waals surface area (Å²) in [5.41, 5.74) is 2.94. The van der Waals surface area contributed by atoms with Gasteiger partial charge in [-0.1, -0.05) is 26.8 Å². The van der Waals surface area contributed by atoms with E-state index in [1.165, 1.54) is 17.5 Å². The number of rotatable bonds is 11. The van der Waals surface area contributed by atoms with Crippen molar-refractivity contribution >= 4 is 11.8 Å². The van der Waals surface area contributed by atoms with Crippen LogP contribution in [0.25, 0.3) is 0 Å². The number of benzene rings is 1. The Balaban J connectivity index is 1.20. The molecule has 0 spiro atoms. The van der Waals surface area contributed by atoms with E-state index in [-0.39, 0.29) is 23.4 Å². The number of Topliss-reactive ketones (excluding diaryl/α,β-unsaturated/α-hetero) is 1. The Labute approximate surface area is 212 Å². The largest absolute Gasteiger partial charge is 0.494 e. The minimum atomic E-state index is -0.0470. The van der Waals surface area contributed by atoms with Crippen LogP contribution in [0.4, 0.5) is 0 Å². The number of fused-ring (bicyclic) bond motifs is 5. The molecule has 0 heterocycles. The molecule has 35 heavy (non-hydrogen) atoms. The first kappa shape index (κ1) is 26.2. The summed E-state index contributed by atoms with van der Waals surface area (Å²) in [7, 11) is 0. The van der Waals surface area contributed by atoms with Crippen molar-refractivity contribution in [2.75, 3.05) is 6.61 Å². The van der Waals surface area contributed by atoms with Crippen molar-refractivity contribution < 1.29 is 19.1 Å². The van der Waals surface area contributed by atoms with Gasteiger partial charge in [0.05, 0.1) is 18.6 Å². The quantitative estimate of drug-likeness (QED) is 0.243. The maximum Gasteiger partial charge on any atom is 0.309 e. The lowest BCUT2D eigenvalue weighted by molar-refractivity contribution is -0.153. The first-order valence-electron chi connectivity index (χ1n) is 14.4. The van der Waals surface area contributed by atoms with Gasteiger partial charge in [0.25, 0.3) is 0 Å². The van der Waals surface area contributed by atoms with E-state index < -0.39 is 0 Å². The summed E-state index contributed by atoms with van der Waals surface area (Å²) in [6, 6.07) is 6.75. The van der Waals surface area contributed by atoms with Crippen molar-refractivity contribution in [3.8, 4) is 5.75 Å². The summed E-state index contributed by atoms with van der Waals surface area (Å²) in [5.74, 6) is 3.40. The van der Waals surface area contributed by atoms with Crippen molar-refractivity contribution in [1.82, 2.24) is 0 Å². The summed E-state index contributed by atoms with van der Waals surface area (Å²) in [4.78, 5) is 24.7. The van der Waals surface area contributed by atoms with Gasteiger partial charge in [-0.25, -0.2) is 0 Å². The molecule has 4 rings (SSSR count). The van der Waals surface area contributed by atoms with Crippen LogP contribution in [-0.2, 0) is 20.7 Å². The van der Waals surface area contributed by atoms with E-state index in [2.05, 4.69) is 25.1 Å². The highest BCUT2D eigenvalue weighted by Gasteiger charge is 2.54. The van der Waals surface area contributed by atoms with Crippen LogP contribution in [0.15, 0.2) is 18.2 Å². The highest BCUT2D eigenvalue weighted by Crippen LogP contribution is 2.59. The first-order valence-corrected chi connectivity index (χ1v) is 14.4. The third-order valence-corrected chi connectivity index (χ3v) is 9.57. The van der Waals surface area contributed by atoms with Crippen molar-refractivity contribution in [2.24, 2.45) is 23.2 Å². The van der Waals surface area contributed by atoms with Crippen LogP contribution in [0.5, 0.6) is 5.75 Å². The standard InChI is InChI=1S/C31H46O4/c1-5-22(6-2)30(33)35-21(3)10-8-7-9-19-34-24-12-14-25-23(20-24)11-13-27-26(25)17-18-31(4)28(27)15-16-29(31)32/h12,14,20-22,26-28H,5-11,13,15-19H2,1-4H3/t21-,26-,27-,28+,31+/m1/s1. The molecule has 0 bridgehead atoms. The Morgan fingerprint density at radius 1 is 1.09 bits per heavy atom. The van der Waals surface area contributed by atoms with Gasteiger partial charge in [0.15, 0.2) is 0 Å². The molecular formula is C31H46O4. The summed E-state index contributed by atoms with van der Waals surface area (Å²) in [5, 5.41) is 0. The van der Waals surface area contributed by atoms with Crippen LogP contribution in [-0.4, -0.2) is 24.5 Å². The molecule has 0 radical (unpaired) electrons. The number of hydrogen-bond donors (Lipinski definition) is 0. The van der Waals surface area contributed by atoms with Crippen LogP contribution in [0, 0.1) is 23.2 Å². The minimum Gasteiger partial charge on any atom is -0.494 e. The first-order chi connectivity index (χ1) is 16.9. The number of ether oxygens (including phenoxy) is 2. The second-order valence-electron chi connectivity index (χ2n) is 11.7. The molecule has 2 fully saturated rings. The maximum absolute atomic E-state index is 12.5. The highest BCUT2D eigenvalue weighted by molar-refractivity contribution is 5.87. The van der Waals surface area contributed by atoms with Gasteiger partial charge in [0.2, 0.25) is 0 Å². The van der Waals surface area contributed by atoms with Crippen LogP contribution < -0.4 is 4.74 Å². The molecule has 3 aliphatic carbocycles. The van der Waals surface area contributed by atoms with Crippen molar-refractivity contribution in [3.05, 3.63) is 29.3 Å². The molecule has 0 aliphatic heterocycles. The normalized spacial score (nSPS) is 28.3. The Morgan fingerprint density at radius 2 is 1.89 bits per heavy atom. The van der Waals surface area contributed by atoms with Crippen LogP contribution in [0.1, 0.15) is 115 Å². The summed E-state index contributed by atoms with van der Waals surface area (Å²) >= 11 is 0. The summed E-state index contributed by atoms with van der Waals surface area (Å²) in [6.45, 7) is 9.07. The Bertz CT molecular complexity index is 888. The maximum atomic E-state index is 12.5. The average Bonchev–Trinajstić information content (AvgIpc) is 3.16. The summed E-state index contributed by atoms with van der Waals surface area (Å²) < 4.78 is 11.7. The summed E-state index contributed by atoms with van der Waals surface area (Å²) in [6.07, 6.45) is 12.2. The van der Waals surface area contributed by atoms with E-state index in [4.69, 9.17) is 9.47 Å². The molecule has 0 N–H and O–H groups in total. The monoisotopic (exact) mass is 482 g/mol. The predicted molar refractivity (Wildman–Crippen MR) is 140 cm³/mol. The second kappa shape index (κ2) is 11.5. The second-order valence-corrected chi connectivity index (χ2v) is 11.7. The predicted octanol–water partition coefficient (Wildman–Crippen LogP) is 7.42. The molecule has 2 saturated carbocycles. The molecule has 4 heteroatoms. The lowest BCUT2D eigenvalue weighted by Crippen LogP contribution is -2.42. The minimum absolute atomic E-state index is 0.00602. The van der Waals surface area contributed by atoms with Crippen LogP contribution >= 0.6 is 0 Å². The van der Waals surface area contributed by atoms with Gasteiger partial charge in [0, 0.05) is 11.8 Å². The zero-order valence-electron chi connectivity index (χ0n) is 22.4. The molecule has 194 valence electrons. The van der Waals surface area contributed by atoms with Gasteiger partial charge in [-0.3, -0.25) is 9.59 Å². The number of ketones is 1. The fourth-order valence-electron chi connectivity index (χ4n) is 7.30. The Kier molecular flexibility index (Phi) is 8.60. The Hall–Kier alpha value is -1.84. The number of carbonyl (C=O) groups is 2. The molecule has 0 unspecified atom stereocenters. The molecule has 4 nitrogen and oxygen atoms in total. The Morgan fingerprint density at radius 3 is 2.66 bits per heavy atom. The number of carbonyl (C=O) groups excluding carboxylic acids is 2. The zero-order valence-corrected chi connectivity index (χ0v) is 22.4. The fraction of sp³-hybridized carbons (Fsp3) is 0.742. The number of aryl methyl sites for hydroxylation is 1. The topological polar surface area (TPSA) is 52.6 Å². The van der Waals surface area contributed by atoms with Crippen LogP contribution in [0.2, 0.25) is 0 Å². The van der Waals surface area contributed by atoms with Gasteiger partial charge >= 0.3 is 5.97 Å². The van der Waals surface area contributed by atoms with Gasteiger partial charge in [0.1, 0.15) is 11.5 Å². The third kappa shape index (κ3) is 5.62. The van der Waals surface area contributed by atoms with Gasteiger partial charge in [-0.15, -0.1) is 0 Å². The van der Waals surface area contributed by atoms with E-state index in [9.17, 15) is 9.59 Å². The van der Waals surface area contributed by atoms with Crippen molar-refractivity contribution in [3.63, 3.8) is 0 Å². The molecule has 1 aromatic carbocycles. The zero-order chi connectivity index (χ0) is 25.0. The van der Waals surface area contributed by atoms with E-state index in [1.807, 2.05) is 20.8 Å². The van der Waals surface area contributed by atoms with E-state index in [0.29, 0.717) is 23.5 Å². The number of esters is 1. The van der Waals surface area contributed by atoms with Crippen molar-refractivity contribution in [1.29, 1.82) is 0 Å². The van der Waals surface area contributed by atoms with E-state index in [0.717, 1.165) is 83.0 Å². The molecule has 1 aromatic rings. The van der Waals surface area contributed by atoms with Gasteiger partial charge < -0.3 is 9.47 Å². The highest BCUT2D eigenvalue weighted by atomic mass is 16.5. The van der Waals surface area contributed by atoms with E-state index in [1.54, 1.807) is 0 Å². The van der Waals surface area contributed by atoms with Crippen LogP contribution in [0.3, 0.4) is 0 Å². The smallest absolute Gasteiger partial charge is 0.309 e. The SMILES string of the molecule is CCC(CC)C(=O)O[C@H](C)CCCCCOc1ccc2c(c1)CC[C@@H]1[C@@H]2CC[C@]2(C)C(=O)CC[C@@H]12. The molecular weight excluding hydrogens is 436 g/mol. The average molecular weight is 483 g/mol. The molecule has 0 aromatic heterocycles. The molecule has 0 saturated heterocycles. The molecule has 3 aliphatic rings. The van der Waals surface area contributed by atoms with Gasteiger partial charge in [-0.05, 0) is 119 Å². The number of unbranched alkanes of at least 4 members (excludes halogenated alkanes) is 2. The molecule has 5 atom stereocenters. The molecule has 0 amide bonds. The van der Waals surface area contributed by atoms with E-state index >= 15 is 0 Å².